The summed E-state index contributed by atoms with van der Waals surface area (Å²) in [6, 6.07) is 8.03. The number of pyridine rings is 1. The largest absolute Gasteiger partial charge is 0.464 e. The van der Waals surface area contributed by atoms with Crippen molar-refractivity contribution in [2.45, 2.75) is 140 Å². The molecule has 1 aromatic carbocycles. The van der Waals surface area contributed by atoms with Crippen LogP contribution in [0.5, 0.6) is 0 Å². The molecule has 7 saturated heterocycles. The van der Waals surface area contributed by atoms with Gasteiger partial charge in [0.1, 0.15) is 22.2 Å². The number of nitrogens with zero attached hydrogens (tertiary/aromatic N) is 7. The molecule has 2 amide bonds. The molecule has 1 spiro atoms. The maximum atomic E-state index is 15.5. The fourth-order valence-electron chi connectivity index (χ4n) is 14.0. The van der Waals surface area contributed by atoms with Gasteiger partial charge >= 0.3 is 5.97 Å². The number of carbonyl (C=O) groups excluding carboxylic acids is 3. The number of hydrogen-bond acceptors (Lipinski definition) is 16. The van der Waals surface area contributed by atoms with Crippen molar-refractivity contribution in [3.8, 4) is 22.5 Å². The number of aromatic nitrogens is 3. The van der Waals surface area contributed by atoms with Crippen LogP contribution < -0.4 is 15.6 Å². The number of cyclic esters (lactones) is 1. The quantitative estimate of drug-likeness (QED) is 0.157. The summed E-state index contributed by atoms with van der Waals surface area (Å²) in [5.74, 6) is -0.546. The van der Waals surface area contributed by atoms with Crippen LogP contribution in [0.4, 0.5) is 5.69 Å². The van der Waals surface area contributed by atoms with Gasteiger partial charge in [0.25, 0.3) is 11.8 Å². The minimum Gasteiger partial charge on any atom is -0.464 e. The van der Waals surface area contributed by atoms with E-state index in [1.54, 1.807) is 12.1 Å². The van der Waals surface area contributed by atoms with E-state index in [-0.39, 0.29) is 48.6 Å². The van der Waals surface area contributed by atoms with Gasteiger partial charge in [-0.1, -0.05) is 19.9 Å². The van der Waals surface area contributed by atoms with E-state index >= 15 is 4.79 Å². The van der Waals surface area contributed by atoms with Gasteiger partial charge in [-0.25, -0.2) is 15.2 Å². The van der Waals surface area contributed by atoms with Crippen molar-refractivity contribution in [3.05, 3.63) is 52.1 Å². The predicted molar refractivity (Wildman–Crippen MR) is 290 cm³/mol. The van der Waals surface area contributed by atoms with Gasteiger partial charge in [-0.15, -0.1) is 11.3 Å². The summed E-state index contributed by atoms with van der Waals surface area (Å²) >= 11 is 1.51. The maximum Gasteiger partial charge on any atom is 0.328 e. The first-order valence-corrected chi connectivity index (χ1v) is 29.5. The molecular weight excluding hydrogens is 999 g/mol. The number of thiazole rings is 1. The van der Waals surface area contributed by atoms with Crippen molar-refractivity contribution in [1.29, 1.82) is 0 Å². The molecule has 2 N–H and O–H groups in total. The molecular formula is C58H77N9O9S. The zero-order chi connectivity index (χ0) is 52.8. The number of piperazine rings is 1. The molecule has 9 bridgehead atoms. The summed E-state index contributed by atoms with van der Waals surface area (Å²) in [4.78, 5) is 63.0. The molecule has 77 heavy (non-hydrogen) atoms. The van der Waals surface area contributed by atoms with Crippen molar-refractivity contribution in [1.82, 2.24) is 40.1 Å². The fraction of sp³-hybridized carbons (Fsp3) is 0.672. The Morgan fingerprint density at radius 3 is 2.45 bits per heavy atom. The molecule has 0 radical (unpaired) electrons. The molecule has 15 rings (SSSR count). The number of anilines is 1. The number of hydrazine groups is 1. The van der Waals surface area contributed by atoms with Crippen molar-refractivity contribution < 1.29 is 42.8 Å². The predicted octanol–water partition coefficient (Wildman–Crippen LogP) is 6.06. The van der Waals surface area contributed by atoms with Gasteiger partial charge in [0.2, 0.25) is 0 Å². The number of rotatable bonds is 12. The highest BCUT2D eigenvalue weighted by atomic mass is 32.1. The van der Waals surface area contributed by atoms with Crippen LogP contribution in [0.1, 0.15) is 107 Å². The zero-order valence-electron chi connectivity index (χ0n) is 45.6. The number of fused-ring (bicyclic) bond motifs is 5. The molecule has 18 nitrogen and oxygen atoms in total. The minimum absolute atomic E-state index is 0.0306. The number of benzene rings is 1. The molecule has 11 aliphatic rings. The van der Waals surface area contributed by atoms with Crippen molar-refractivity contribution in [3.63, 3.8) is 0 Å². The molecule has 414 valence electrons. The summed E-state index contributed by atoms with van der Waals surface area (Å²) in [5, 5.41) is 8.76. The highest BCUT2D eigenvalue weighted by Crippen LogP contribution is 2.53. The van der Waals surface area contributed by atoms with Gasteiger partial charge in [0.15, 0.2) is 0 Å². The molecule has 8 aliphatic heterocycles. The van der Waals surface area contributed by atoms with E-state index in [0.717, 1.165) is 95.4 Å². The lowest BCUT2D eigenvalue weighted by atomic mass is 9.66. The van der Waals surface area contributed by atoms with Gasteiger partial charge in [-0.05, 0) is 107 Å². The second-order valence-electron chi connectivity index (χ2n) is 24.6. The van der Waals surface area contributed by atoms with Gasteiger partial charge in [-0.2, -0.15) is 0 Å². The molecule has 4 atom stereocenters. The molecule has 3 aromatic heterocycles. The van der Waals surface area contributed by atoms with E-state index in [4.69, 9.17) is 38.4 Å². The first-order valence-electron chi connectivity index (χ1n) is 28.7. The topological polar surface area (TPSA) is 174 Å². The lowest BCUT2D eigenvalue weighted by Crippen LogP contribution is -2.75. The van der Waals surface area contributed by atoms with E-state index in [9.17, 15) is 9.59 Å². The third kappa shape index (κ3) is 9.70. The first-order chi connectivity index (χ1) is 37.3. The highest BCUT2D eigenvalue weighted by molar-refractivity contribution is 7.10. The Kier molecular flexibility index (Phi) is 13.8. The first kappa shape index (κ1) is 51.8. The molecule has 10 fully saturated rings. The Hall–Kier alpha value is -4.57. The summed E-state index contributed by atoms with van der Waals surface area (Å²) in [5.41, 5.74) is 8.72. The van der Waals surface area contributed by atoms with Gasteiger partial charge in [0, 0.05) is 112 Å². The standard InChI is InChI=1S/C58H77N9O9S/c1-35-39-28-58(29-39,76-35)54(69)61-49-51(65-16-21-73-22-17-65)52-60-46(33-77-52)38-6-9-47-43(24-38)45(30-56(3,4)34-75-55(70)57-26-37(27-57)32-67(62-57)53(49)68)50(66(47)18-23-74-42-10-19-72-20-11-42)44-25-41(31-59-48(44)36(2)71-5)64-14-12-63(13-15-64)40-7-8-40/h6,9,24-25,31,33,35-37,39-40,42,49,51,62H,7-8,10-23,26-30,32,34H2,1-5H3,(H,61,69)/t35?,36-,37?,39?,49-,51-,57?,58?/m0/s1. The average molecular weight is 1080 g/mol. The van der Waals surface area contributed by atoms with Crippen molar-refractivity contribution >= 4 is 45.7 Å². The van der Waals surface area contributed by atoms with Crippen LogP contribution in [-0.4, -0.2) is 175 Å². The normalized spacial score (nSPS) is 31.4. The number of ether oxygens (including phenoxy) is 6. The van der Waals surface area contributed by atoms with Crippen molar-refractivity contribution in [2.75, 3.05) is 97.5 Å². The average Bonchev–Trinajstić information content (AvgIpc) is 3.79. The van der Waals surface area contributed by atoms with Gasteiger partial charge in [-0.3, -0.25) is 29.4 Å². The van der Waals surface area contributed by atoms with E-state index < -0.39 is 28.6 Å². The summed E-state index contributed by atoms with van der Waals surface area (Å²) < 4.78 is 39.7. The molecule has 11 heterocycles. The SMILES string of the molecule is CO[C@@H](C)c1ncc(N2CCN(C3CC3)CC2)cc1-c1c2c3cc(ccc3n1CCOC1CCOCC1)-c1csc(n1)[C@@H](N1CCOCC1)[C@H](NC(=O)C13CC(C1)C(C)O3)C(=O)N1CC3CC(C3)(N1)C(=O)OCC(C)(C)C2. The van der Waals surface area contributed by atoms with Crippen LogP contribution in [0, 0.1) is 17.3 Å². The molecule has 3 saturated carbocycles. The maximum absolute atomic E-state index is 15.5. The number of hydrogen-bond donors (Lipinski definition) is 2. The Morgan fingerprint density at radius 2 is 1.73 bits per heavy atom. The van der Waals surface area contributed by atoms with Crippen LogP contribution in [0.15, 0.2) is 35.8 Å². The Balaban J connectivity index is 0.958. The summed E-state index contributed by atoms with van der Waals surface area (Å²) in [7, 11) is 1.75. The number of esters is 1. The van der Waals surface area contributed by atoms with E-state index in [0.29, 0.717) is 102 Å². The molecule has 3 aliphatic carbocycles. The summed E-state index contributed by atoms with van der Waals surface area (Å²) in [6.45, 7) is 17.4. The van der Waals surface area contributed by atoms with E-state index in [1.807, 2.05) is 13.1 Å². The molecule has 1 unspecified atom stereocenters. The smallest absolute Gasteiger partial charge is 0.328 e. The third-order valence-electron chi connectivity index (χ3n) is 18.7. The second kappa shape index (κ2) is 20.5. The number of amides is 2. The van der Waals surface area contributed by atoms with Crippen LogP contribution in [0.3, 0.4) is 0 Å². The number of methoxy groups -OCH3 is 1. The summed E-state index contributed by atoms with van der Waals surface area (Å²) in [6.07, 6.45) is 9.07. The number of carbonyl (C=O) groups is 3. The Labute approximate surface area is 455 Å². The Morgan fingerprint density at radius 1 is 0.961 bits per heavy atom. The van der Waals surface area contributed by atoms with Crippen molar-refractivity contribution in [2.24, 2.45) is 17.3 Å². The van der Waals surface area contributed by atoms with E-state index in [2.05, 4.69) is 80.4 Å². The fourth-order valence-corrected chi connectivity index (χ4v) is 15.0. The van der Waals surface area contributed by atoms with Crippen LogP contribution in [-0.2, 0) is 55.8 Å². The Bertz CT molecular complexity index is 2870. The number of morpholine rings is 1. The van der Waals surface area contributed by atoms with Crippen LogP contribution in [0.25, 0.3) is 33.4 Å². The monoisotopic (exact) mass is 1080 g/mol. The zero-order valence-corrected chi connectivity index (χ0v) is 46.4. The van der Waals surface area contributed by atoms with Gasteiger partial charge < -0.3 is 43.2 Å². The van der Waals surface area contributed by atoms with Crippen LogP contribution >= 0.6 is 11.3 Å². The van der Waals surface area contributed by atoms with Crippen LogP contribution in [0.2, 0.25) is 0 Å². The third-order valence-corrected chi connectivity index (χ3v) is 19.6. The molecule has 4 aromatic rings. The number of nitrogens with one attached hydrogen (secondary N) is 2. The lowest BCUT2D eigenvalue weighted by molar-refractivity contribution is -0.180. The molecule has 19 heteroatoms. The van der Waals surface area contributed by atoms with Gasteiger partial charge in [0.05, 0.1) is 79.7 Å². The highest BCUT2D eigenvalue weighted by Gasteiger charge is 2.62. The second-order valence-corrected chi connectivity index (χ2v) is 25.5. The lowest BCUT2D eigenvalue weighted by Gasteiger charge is -2.55. The minimum atomic E-state index is -1.08. The van der Waals surface area contributed by atoms with E-state index in [1.165, 1.54) is 24.2 Å².